The van der Waals surface area contributed by atoms with Gasteiger partial charge in [-0.1, -0.05) is 6.07 Å². The summed E-state index contributed by atoms with van der Waals surface area (Å²) in [6.45, 7) is 2.51. The molecule has 1 aromatic rings. The molecule has 1 saturated heterocycles. The minimum absolute atomic E-state index is 0.0763. The number of nitrogens with two attached hydrogens (primary N) is 2. The molecular formula is C26H39FN6O3S2. The molecule has 38 heavy (non-hydrogen) atoms. The highest BCUT2D eigenvalue weighted by molar-refractivity contribution is 8.01. The van der Waals surface area contributed by atoms with E-state index in [0.29, 0.717) is 48.2 Å². The van der Waals surface area contributed by atoms with E-state index in [4.69, 9.17) is 10.9 Å². The zero-order chi connectivity index (χ0) is 27.7. The molecule has 0 radical (unpaired) electrons. The standard InChI is InChI=1S/C26H39FN6O3S2/c1-32-9-11-33(12-10-32)26(36)22(31-25(35)23(16-28)38-29)14-18-5-8-21(20(27)13-18)30-24(34)15-17-3-6-19(37-2)7-4-17/h5,8,13,16-17,19,22H,3-4,6-7,9-12,14-15,28-29H2,1-2H3,(H,30,34)(H,31,35)/b23-16-. The van der Waals surface area contributed by atoms with Gasteiger partial charge in [-0.05, 0) is 74.5 Å². The zero-order valence-corrected chi connectivity index (χ0v) is 23.7. The Bertz CT molecular complexity index is 1010. The first-order chi connectivity index (χ1) is 18.2. The molecule has 2 aliphatic rings. The van der Waals surface area contributed by atoms with Gasteiger partial charge in [-0.25, -0.2) is 4.39 Å². The van der Waals surface area contributed by atoms with Crippen LogP contribution >= 0.6 is 23.7 Å². The van der Waals surface area contributed by atoms with Crippen molar-refractivity contribution < 1.29 is 18.8 Å². The average Bonchev–Trinajstić information content (AvgIpc) is 2.91. The molecule has 0 spiro atoms. The van der Waals surface area contributed by atoms with E-state index in [1.54, 1.807) is 11.0 Å². The number of halogens is 1. The van der Waals surface area contributed by atoms with E-state index in [1.807, 2.05) is 18.8 Å². The lowest BCUT2D eigenvalue weighted by atomic mass is 9.86. The molecule has 1 unspecified atom stereocenters. The maximum absolute atomic E-state index is 15.0. The van der Waals surface area contributed by atoms with Gasteiger partial charge in [0.05, 0.1) is 5.69 Å². The van der Waals surface area contributed by atoms with Crippen LogP contribution in [0.4, 0.5) is 10.1 Å². The van der Waals surface area contributed by atoms with E-state index >= 15 is 0 Å². The van der Waals surface area contributed by atoms with Crippen LogP contribution in [0.25, 0.3) is 0 Å². The largest absolute Gasteiger partial charge is 0.403 e. The Morgan fingerprint density at radius 1 is 1.16 bits per heavy atom. The maximum atomic E-state index is 15.0. The number of likely N-dealkylation sites (N-methyl/N-ethyl adjacent to an activating group) is 1. The van der Waals surface area contributed by atoms with E-state index in [2.05, 4.69) is 21.8 Å². The Morgan fingerprint density at radius 2 is 1.84 bits per heavy atom. The van der Waals surface area contributed by atoms with Gasteiger partial charge in [0.15, 0.2) is 0 Å². The Morgan fingerprint density at radius 3 is 2.42 bits per heavy atom. The highest BCUT2D eigenvalue weighted by Gasteiger charge is 2.29. The van der Waals surface area contributed by atoms with Crippen molar-refractivity contribution in [2.24, 2.45) is 16.8 Å². The number of carbonyl (C=O) groups excluding carboxylic acids is 3. The van der Waals surface area contributed by atoms with Crippen LogP contribution in [0.1, 0.15) is 37.7 Å². The van der Waals surface area contributed by atoms with E-state index in [0.717, 1.165) is 45.0 Å². The summed E-state index contributed by atoms with van der Waals surface area (Å²) in [5.74, 6) is -1.27. The molecule has 0 aromatic heterocycles. The molecule has 1 saturated carbocycles. The van der Waals surface area contributed by atoms with Crippen LogP contribution in [-0.4, -0.2) is 78.3 Å². The molecule has 2 fully saturated rings. The monoisotopic (exact) mass is 566 g/mol. The number of benzene rings is 1. The summed E-state index contributed by atoms with van der Waals surface area (Å²) in [7, 11) is 1.98. The van der Waals surface area contributed by atoms with Gasteiger partial charge in [0.1, 0.15) is 16.8 Å². The van der Waals surface area contributed by atoms with Crippen molar-refractivity contribution in [3.63, 3.8) is 0 Å². The maximum Gasteiger partial charge on any atom is 0.261 e. The van der Waals surface area contributed by atoms with Crippen LogP contribution in [-0.2, 0) is 20.8 Å². The van der Waals surface area contributed by atoms with Crippen molar-refractivity contribution in [1.82, 2.24) is 15.1 Å². The fourth-order valence-corrected chi connectivity index (χ4v) is 5.89. The van der Waals surface area contributed by atoms with Crippen molar-refractivity contribution in [2.45, 2.75) is 49.8 Å². The van der Waals surface area contributed by atoms with E-state index in [1.165, 1.54) is 12.1 Å². The van der Waals surface area contributed by atoms with Gasteiger partial charge in [-0.15, -0.1) is 0 Å². The van der Waals surface area contributed by atoms with Gasteiger partial charge in [0.2, 0.25) is 11.8 Å². The van der Waals surface area contributed by atoms with Crippen LogP contribution in [0.15, 0.2) is 29.3 Å². The van der Waals surface area contributed by atoms with Crippen LogP contribution < -0.4 is 21.5 Å². The summed E-state index contributed by atoms with van der Waals surface area (Å²) < 4.78 is 15.0. The summed E-state index contributed by atoms with van der Waals surface area (Å²) in [5, 5.41) is 11.6. The molecule has 3 rings (SSSR count). The molecule has 12 heteroatoms. The van der Waals surface area contributed by atoms with E-state index < -0.39 is 17.8 Å². The van der Waals surface area contributed by atoms with Crippen molar-refractivity contribution in [3.8, 4) is 0 Å². The Kier molecular flexibility index (Phi) is 11.8. The van der Waals surface area contributed by atoms with Crippen molar-refractivity contribution in [2.75, 3.05) is 44.8 Å². The fraction of sp³-hybridized carbons (Fsp3) is 0.577. The molecule has 3 amide bonds. The van der Waals surface area contributed by atoms with Gasteiger partial charge in [-0.2, -0.15) is 11.8 Å². The minimum Gasteiger partial charge on any atom is -0.403 e. The predicted molar refractivity (Wildman–Crippen MR) is 153 cm³/mol. The third kappa shape index (κ3) is 8.62. The third-order valence-corrected chi connectivity index (χ3v) is 8.98. The van der Waals surface area contributed by atoms with Gasteiger partial charge >= 0.3 is 0 Å². The van der Waals surface area contributed by atoms with Crippen LogP contribution in [0.5, 0.6) is 0 Å². The SMILES string of the molecule is CSC1CCC(CC(=O)Nc2ccc(CC(NC(=O)/C(=C/N)SN)C(=O)N3CCN(C)CC3)cc2F)CC1. The second-order valence-electron chi connectivity index (χ2n) is 9.95. The number of amides is 3. The number of nitrogens with zero attached hydrogens (tertiary/aromatic N) is 2. The lowest BCUT2D eigenvalue weighted by Gasteiger charge is -2.35. The Hall–Kier alpha value is -2.28. The second kappa shape index (κ2) is 14.8. The molecule has 0 bridgehead atoms. The number of hydrogen-bond acceptors (Lipinski definition) is 8. The van der Waals surface area contributed by atoms with Gasteiger partial charge in [-0.3, -0.25) is 19.5 Å². The first-order valence-corrected chi connectivity index (χ1v) is 15.1. The Balaban J connectivity index is 1.65. The quantitative estimate of drug-likeness (QED) is 0.250. The lowest BCUT2D eigenvalue weighted by Crippen LogP contribution is -2.55. The van der Waals surface area contributed by atoms with Crippen molar-refractivity contribution in [1.29, 1.82) is 0 Å². The van der Waals surface area contributed by atoms with Gasteiger partial charge in [0, 0.05) is 50.5 Å². The van der Waals surface area contributed by atoms with Crippen LogP contribution in [0.3, 0.4) is 0 Å². The second-order valence-corrected chi connectivity index (χ2v) is 11.8. The molecule has 210 valence electrons. The summed E-state index contributed by atoms with van der Waals surface area (Å²) in [6, 6.07) is 3.54. The summed E-state index contributed by atoms with van der Waals surface area (Å²) in [5.41, 5.74) is 6.11. The summed E-state index contributed by atoms with van der Waals surface area (Å²) in [6.07, 6.45) is 7.91. The van der Waals surface area contributed by atoms with Crippen LogP contribution in [0.2, 0.25) is 0 Å². The molecule has 1 aliphatic carbocycles. The minimum atomic E-state index is -0.927. The lowest BCUT2D eigenvalue weighted by molar-refractivity contribution is -0.137. The number of piperazine rings is 1. The number of rotatable bonds is 10. The van der Waals surface area contributed by atoms with Gasteiger partial charge < -0.3 is 26.2 Å². The zero-order valence-electron chi connectivity index (χ0n) is 22.1. The Labute approximate surface area is 232 Å². The molecule has 6 N–H and O–H groups in total. The van der Waals surface area contributed by atoms with Crippen molar-refractivity contribution >= 4 is 47.1 Å². The number of thioether (sulfide) groups is 1. The van der Waals surface area contributed by atoms with Crippen LogP contribution in [0, 0.1) is 11.7 Å². The highest BCUT2D eigenvalue weighted by Crippen LogP contribution is 2.32. The molecule has 1 aliphatic heterocycles. The number of carbonyl (C=O) groups is 3. The molecule has 1 atom stereocenters. The number of hydrogen-bond donors (Lipinski definition) is 4. The van der Waals surface area contributed by atoms with E-state index in [9.17, 15) is 18.8 Å². The summed E-state index contributed by atoms with van der Waals surface area (Å²) >= 11 is 2.57. The molecule has 9 nitrogen and oxygen atoms in total. The normalized spacial score (nSPS) is 21.6. The molecular weight excluding hydrogens is 527 g/mol. The third-order valence-electron chi connectivity index (χ3n) is 7.27. The fourth-order valence-electron chi connectivity index (χ4n) is 4.90. The van der Waals surface area contributed by atoms with Gasteiger partial charge in [0.25, 0.3) is 5.91 Å². The number of nitrogens with one attached hydrogen (secondary N) is 2. The first kappa shape index (κ1) is 30.3. The number of anilines is 1. The first-order valence-electron chi connectivity index (χ1n) is 12.9. The van der Waals surface area contributed by atoms with E-state index in [-0.39, 0.29) is 28.8 Å². The topological polar surface area (TPSA) is 134 Å². The predicted octanol–water partition coefficient (Wildman–Crippen LogP) is 2.28. The highest BCUT2D eigenvalue weighted by atomic mass is 32.2. The smallest absolute Gasteiger partial charge is 0.261 e. The van der Waals surface area contributed by atoms with Crippen molar-refractivity contribution in [3.05, 3.63) is 40.7 Å². The molecule has 1 aromatic carbocycles. The average molecular weight is 567 g/mol. The molecule has 1 heterocycles. The summed E-state index contributed by atoms with van der Waals surface area (Å²) in [4.78, 5) is 42.4.